The van der Waals surface area contributed by atoms with Crippen LogP contribution in [0.15, 0.2) is 48.5 Å². The molecular formula is C51H84N6O15. The molecule has 0 aromatic heterocycles. The number of aliphatic hydroxyl groups is 8. The first-order valence-corrected chi connectivity index (χ1v) is 25.8. The molecule has 0 spiro atoms. The number of carbonyl (C=O) groups excluding carboxylic acids is 3. The number of anilines is 4. The monoisotopic (exact) mass is 1020 g/mol. The van der Waals surface area contributed by atoms with Crippen molar-refractivity contribution in [2.24, 2.45) is 5.92 Å². The Balaban J connectivity index is 1.24. The number of benzene rings is 2. The zero-order chi connectivity index (χ0) is 52.3. The van der Waals surface area contributed by atoms with Crippen molar-refractivity contribution in [3.8, 4) is 0 Å². The highest BCUT2D eigenvalue weighted by Gasteiger charge is 2.34. The molecule has 13 N–H and O–H groups in total. The molecule has 0 aliphatic carbocycles. The summed E-state index contributed by atoms with van der Waals surface area (Å²) in [4.78, 5) is 41.2. The summed E-state index contributed by atoms with van der Waals surface area (Å²) in [6.07, 6.45) is -2.43. The number of rotatable bonds is 35. The highest BCUT2D eigenvalue weighted by molar-refractivity contribution is 5.92. The Morgan fingerprint density at radius 2 is 1.08 bits per heavy atom. The molecule has 2 aromatic rings. The van der Waals surface area contributed by atoms with Gasteiger partial charge in [-0.2, -0.15) is 0 Å². The molecule has 21 nitrogen and oxygen atoms in total. The number of aliphatic hydroxyl groups excluding tert-OH is 8. The molecule has 10 atom stereocenters. The van der Waals surface area contributed by atoms with Gasteiger partial charge in [0.15, 0.2) is 12.6 Å². The second-order valence-electron chi connectivity index (χ2n) is 18.7. The lowest BCUT2D eigenvalue weighted by Crippen LogP contribution is -2.45. The highest BCUT2D eigenvalue weighted by Crippen LogP contribution is 2.26. The van der Waals surface area contributed by atoms with Gasteiger partial charge in [-0.1, -0.05) is 38.8 Å². The maximum absolute atomic E-state index is 13.3. The van der Waals surface area contributed by atoms with Gasteiger partial charge in [0.25, 0.3) is 0 Å². The molecule has 72 heavy (non-hydrogen) atoms. The van der Waals surface area contributed by atoms with E-state index < -0.39 is 74.6 Å². The third kappa shape index (κ3) is 22.2. The Hall–Kier alpha value is -4.07. The molecule has 0 saturated carbocycles. The van der Waals surface area contributed by atoms with Gasteiger partial charge >= 0.3 is 0 Å². The smallest absolute Gasteiger partial charge is 0.225 e. The molecule has 3 amide bonds. The minimum absolute atomic E-state index is 0.0343. The van der Waals surface area contributed by atoms with Gasteiger partial charge < -0.3 is 91.3 Å². The van der Waals surface area contributed by atoms with E-state index in [9.17, 15) is 55.2 Å². The molecule has 0 radical (unpaired) electrons. The Bertz CT molecular complexity index is 1740. The summed E-state index contributed by atoms with van der Waals surface area (Å²) in [5, 5.41) is 94.6. The maximum Gasteiger partial charge on any atom is 0.225 e. The fraction of sp³-hybridized carbons (Fsp3) is 0.706. The third-order valence-corrected chi connectivity index (χ3v) is 13.1. The fourth-order valence-corrected chi connectivity index (χ4v) is 8.60. The zero-order valence-electron chi connectivity index (χ0n) is 42.1. The molecule has 4 unspecified atom stereocenters. The van der Waals surface area contributed by atoms with Crippen LogP contribution in [0.25, 0.3) is 0 Å². The molecule has 408 valence electrons. The van der Waals surface area contributed by atoms with E-state index in [-0.39, 0.29) is 43.8 Å². The summed E-state index contributed by atoms with van der Waals surface area (Å²) < 4.78 is 23.1. The second-order valence-corrected chi connectivity index (χ2v) is 18.7. The number of hydrogen-bond donors (Lipinski definition) is 13. The van der Waals surface area contributed by atoms with Crippen LogP contribution in [0.3, 0.4) is 0 Å². The molecule has 2 aliphatic heterocycles. The lowest BCUT2D eigenvalue weighted by molar-refractivity contribution is -0.257. The van der Waals surface area contributed by atoms with E-state index in [4.69, 9.17) is 18.9 Å². The number of hydrogen-bond acceptors (Lipinski definition) is 18. The first-order chi connectivity index (χ1) is 34.8. The summed E-state index contributed by atoms with van der Waals surface area (Å²) in [6.45, 7) is 4.83. The van der Waals surface area contributed by atoms with Crippen LogP contribution in [-0.2, 0) is 33.3 Å². The lowest BCUT2D eigenvalue weighted by Gasteiger charge is -2.35. The Labute approximate surface area is 424 Å². The van der Waals surface area contributed by atoms with Crippen molar-refractivity contribution >= 4 is 40.5 Å². The average molecular weight is 1020 g/mol. The van der Waals surface area contributed by atoms with E-state index in [2.05, 4.69) is 40.4 Å². The van der Waals surface area contributed by atoms with Crippen LogP contribution in [0.2, 0.25) is 0 Å². The summed E-state index contributed by atoms with van der Waals surface area (Å²) in [6, 6.07) is 14.5. The van der Waals surface area contributed by atoms with Gasteiger partial charge in [0.2, 0.25) is 17.7 Å². The Kier molecular flexibility index (Phi) is 28.3. The number of carbonyl (C=O) groups is 3. The van der Waals surface area contributed by atoms with Gasteiger partial charge in [0.05, 0.1) is 50.8 Å². The lowest BCUT2D eigenvalue weighted by atomic mass is 9.99. The number of ether oxygens (including phenoxy) is 4. The Morgan fingerprint density at radius 3 is 1.50 bits per heavy atom. The number of nitrogens with one attached hydrogen (secondary N) is 5. The van der Waals surface area contributed by atoms with E-state index >= 15 is 0 Å². The van der Waals surface area contributed by atoms with Crippen molar-refractivity contribution in [3.05, 3.63) is 48.5 Å². The first kappa shape index (κ1) is 60.5. The Morgan fingerprint density at radius 1 is 0.639 bits per heavy atom. The van der Waals surface area contributed by atoms with E-state index in [0.717, 1.165) is 24.2 Å². The standard InChI is InChI=1S/C51H84N6O15/c1-3-34(4-2)27-49(68)54-23-26-57(24-19-47(66)55-37-11-5-9-35(28-37)52-21-7-13-43(41(64)30-58)69-50-17-15-39(62)45(32-60)71-50)25-20-48(67)56-38-12-6-10-36(29-38)53-22-8-14-44(42(65)31-59)70-51-18-16-40(63)46(33-61)72-51/h5-6,9-12,28-29,34,39-46,50-53,58-65H,3-4,7-8,13-27,30-33H2,1-2H3,(H,54,68)(H,55,66)(H,56,67)/t39-,40-,41?,42?,43+,44+,45?,46?,50+,51+/m0/s1. The maximum atomic E-state index is 13.3. The normalized spacial score (nSPS) is 21.9. The van der Waals surface area contributed by atoms with Crippen LogP contribution in [0.4, 0.5) is 22.7 Å². The van der Waals surface area contributed by atoms with Crippen LogP contribution in [-0.4, -0.2) is 191 Å². The van der Waals surface area contributed by atoms with E-state index in [1.165, 1.54) is 0 Å². The molecule has 2 heterocycles. The van der Waals surface area contributed by atoms with E-state index in [1.807, 2.05) is 29.2 Å². The van der Waals surface area contributed by atoms with Crippen LogP contribution in [0.5, 0.6) is 0 Å². The first-order valence-electron chi connectivity index (χ1n) is 25.8. The summed E-state index contributed by atoms with van der Waals surface area (Å²) in [5.41, 5.74) is 2.67. The van der Waals surface area contributed by atoms with Crippen molar-refractivity contribution in [2.45, 2.75) is 159 Å². The van der Waals surface area contributed by atoms with Gasteiger partial charge in [-0.25, -0.2) is 0 Å². The molecule has 21 heteroatoms. The van der Waals surface area contributed by atoms with Gasteiger partial charge in [0.1, 0.15) is 24.4 Å². The highest BCUT2D eigenvalue weighted by atomic mass is 16.7. The van der Waals surface area contributed by atoms with Crippen molar-refractivity contribution in [1.29, 1.82) is 0 Å². The zero-order valence-corrected chi connectivity index (χ0v) is 42.1. The summed E-state index contributed by atoms with van der Waals surface area (Å²) >= 11 is 0. The van der Waals surface area contributed by atoms with Crippen LogP contribution < -0.4 is 26.6 Å². The van der Waals surface area contributed by atoms with Crippen molar-refractivity contribution in [3.63, 3.8) is 0 Å². The molecule has 2 fully saturated rings. The summed E-state index contributed by atoms with van der Waals surface area (Å²) in [7, 11) is 0. The molecule has 2 saturated heterocycles. The molecule has 2 aromatic carbocycles. The molecule has 0 bridgehead atoms. The topological polar surface area (TPSA) is 313 Å². The van der Waals surface area contributed by atoms with Crippen molar-refractivity contribution in [1.82, 2.24) is 10.2 Å². The van der Waals surface area contributed by atoms with Crippen LogP contribution in [0.1, 0.15) is 97.3 Å². The molecule has 2 aliphatic rings. The van der Waals surface area contributed by atoms with Crippen LogP contribution >= 0.6 is 0 Å². The quantitative estimate of drug-likeness (QED) is 0.0439. The number of amides is 3. The van der Waals surface area contributed by atoms with Gasteiger partial charge in [-0.15, -0.1) is 0 Å². The third-order valence-electron chi connectivity index (χ3n) is 13.1. The largest absolute Gasteiger partial charge is 0.394 e. The van der Waals surface area contributed by atoms with Gasteiger partial charge in [0, 0.05) is 94.1 Å². The van der Waals surface area contributed by atoms with Crippen LogP contribution in [0, 0.1) is 5.92 Å². The summed E-state index contributed by atoms with van der Waals surface area (Å²) in [5.74, 6) is -0.198. The van der Waals surface area contributed by atoms with Crippen molar-refractivity contribution in [2.75, 3.05) is 87.0 Å². The fourth-order valence-electron chi connectivity index (χ4n) is 8.60. The predicted molar refractivity (Wildman–Crippen MR) is 271 cm³/mol. The average Bonchev–Trinajstić information content (AvgIpc) is 3.38. The van der Waals surface area contributed by atoms with Gasteiger partial charge in [-0.05, 0) is 80.8 Å². The van der Waals surface area contributed by atoms with Gasteiger partial charge in [-0.3, -0.25) is 14.4 Å². The number of nitrogens with zero attached hydrogens (tertiary/aromatic N) is 1. The molecule has 4 rings (SSSR count). The van der Waals surface area contributed by atoms with E-state index in [0.29, 0.717) is 114 Å². The minimum atomic E-state index is -1.14. The van der Waals surface area contributed by atoms with Crippen molar-refractivity contribution < 1.29 is 74.2 Å². The minimum Gasteiger partial charge on any atom is -0.394 e. The second kappa shape index (κ2) is 33.7. The van der Waals surface area contributed by atoms with E-state index in [1.54, 1.807) is 24.3 Å². The molecular weight excluding hydrogens is 937 g/mol. The SMILES string of the molecule is CCC(CC)CC(=O)NCCN(CCC(=O)Nc1cccc(NCCC[C@@H](O[C@H]2CC[C@H](O)C(CO)O2)C(O)CO)c1)CCC(=O)Nc1cccc(NCCC[C@@H](O[C@H]2CC[C@H](O)C(CO)O2)C(O)CO)c1. The predicted octanol–water partition coefficient (Wildman–Crippen LogP) is 1.87.